The summed E-state index contributed by atoms with van der Waals surface area (Å²) in [5.74, 6) is 1.50. The molecule has 1 rings (SSSR count). The van der Waals surface area contributed by atoms with Crippen molar-refractivity contribution < 1.29 is 5.11 Å². The van der Waals surface area contributed by atoms with Gasteiger partial charge in [-0.2, -0.15) is 0 Å². The number of hydrogen-bond donors (Lipinski definition) is 1. The largest absolute Gasteiger partial charge is 0.390 e. The highest BCUT2D eigenvalue weighted by atomic mass is 16.3. The maximum absolute atomic E-state index is 10.5. The van der Waals surface area contributed by atoms with E-state index >= 15 is 0 Å². The summed E-state index contributed by atoms with van der Waals surface area (Å²) in [7, 11) is 0. The van der Waals surface area contributed by atoms with Gasteiger partial charge in [0.05, 0.1) is 5.60 Å². The first-order chi connectivity index (χ1) is 7.91. The third kappa shape index (κ3) is 5.87. The van der Waals surface area contributed by atoms with Gasteiger partial charge in [-0.25, -0.2) is 0 Å². The first kappa shape index (κ1) is 15.0. The van der Waals surface area contributed by atoms with Crippen molar-refractivity contribution in [3.63, 3.8) is 0 Å². The third-order valence-electron chi connectivity index (χ3n) is 3.83. The van der Waals surface area contributed by atoms with Gasteiger partial charge in [-0.3, -0.25) is 0 Å². The number of nitrogens with zero attached hydrogens (tertiary/aromatic N) is 1. The van der Waals surface area contributed by atoms with Crippen LogP contribution in [0.5, 0.6) is 0 Å². The van der Waals surface area contributed by atoms with E-state index in [2.05, 4.69) is 32.6 Å². The molecule has 0 spiro atoms. The second-order valence-corrected chi connectivity index (χ2v) is 6.70. The SMILES string of the molecule is CC(C)CCCC1(O)CCN(CC(C)C)CC1. The summed E-state index contributed by atoms with van der Waals surface area (Å²) in [5, 5.41) is 10.5. The van der Waals surface area contributed by atoms with Crippen LogP contribution in [0.4, 0.5) is 0 Å². The molecule has 102 valence electrons. The number of piperidine rings is 1. The van der Waals surface area contributed by atoms with Gasteiger partial charge in [-0.1, -0.05) is 40.5 Å². The van der Waals surface area contributed by atoms with Crippen molar-refractivity contribution in [2.75, 3.05) is 19.6 Å². The number of aliphatic hydroxyl groups is 1. The molecule has 1 N–H and O–H groups in total. The fourth-order valence-electron chi connectivity index (χ4n) is 2.76. The molecule has 1 aliphatic rings. The summed E-state index contributed by atoms with van der Waals surface area (Å²) in [5.41, 5.74) is -0.359. The molecule has 0 radical (unpaired) electrons. The maximum atomic E-state index is 10.5. The average Bonchev–Trinajstić information content (AvgIpc) is 2.21. The fourth-order valence-corrected chi connectivity index (χ4v) is 2.76. The lowest BCUT2D eigenvalue weighted by molar-refractivity contribution is -0.0315. The lowest BCUT2D eigenvalue weighted by Gasteiger charge is -2.39. The van der Waals surface area contributed by atoms with E-state index in [4.69, 9.17) is 0 Å². The molecule has 0 unspecified atom stereocenters. The van der Waals surface area contributed by atoms with Gasteiger partial charge in [0.2, 0.25) is 0 Å². The van der Waals surface area contributed by atoms with Crippen LogP contribution in [0.1, 0.15) is 59.8 Å². The topological polar surface area (TPSA) is 23.5 Å². The zero-order valence-electron chi connectivity index (χ0n) is 12.2. The molecule has 0 bridgehead atoms. The monoisotopic (exact) mass is 241 g/mol. The van der Waals surface area contributed by atoms with Crippen LogP contribution >= 0.6 is 0 Å². The Labute approximate surface area is 107 Å². The Hall–Kier alpha value is -0.0800. The van der Waals surface area contributed by atoms with Crippen LogP contribution < -0.4 is 0 Å². The van der Waals surface area contributed by atoms with Gasteiger partial charge in [-0.15, -0.1) is 0 Å². The van der Waals surface area contributed by atoms with E-state index in [1.165, 1.54) is 19.4 Å². The summed E-state index contributed by atoms with van der Waals surface area (Å²) in [4.78, 5) is 2.50. The van der Waals surface area contributed by atoms with Gasteiger partial charge in [-0.05, 0) is 31.1 Å². The molecule has 1 saturated heterocycles. The first-order valence-electron chi connectivity index (χ1n) is 7.36. The van der Waals surface area contributed by atoms with Crippen LogP contribution in [-0.2, 0) is 0 Å². The Kier molecular flexibility index (Phi) is 5.94. The molecule has 0 atom stereocenters. The van der Waals surface area contributed by atoms with Crippen LogP contribution in [0.25, 0.3) is 0 Å². The Bertz CT molecular complexity index is 205. The standard InChI is InChI=1S/C15H31NO/c1-13(2)6-5-7-15(17)8-10-16(11-9-15)12-14(3)4/h13-14,17H,5-12H2,1-4H3. The second kappa shape index (κ2) is 6.75. The van der Waals surface area contributed by atoms with Crippen molar-refractivity contribution in [3.8, 4) is 0 Å². The van der Waals surface area contributed by atoms with E-state index < -0.39 is 0 Å². The number of rotatable bonds is 6. The molecule has 0 aromatic rings. The van der Waals surface area contributed by atoms with Crippen molar-refractivity contribution in [3.05, 3.63) is 0 Å². The Morgan fingerprint density at radius 2 is 1.65 bits per heavy atom. The zero-order chi connectivity index (χ0) is 12.9. The molecule has 2 nitrogen and oxygen atoms in total. The molecule has 0 amide bonds. The quantitative estimate of drug-likeness (QED) is 0.771. The zero-order valence-corrected chi connectivity index (χ0v) is 12.2. The van der Waals surface area contributed by atoms with E-state index in [1.54, 1.807) is 0 Å². The molecule has 1 aliphatic heterocycles. The van der Waals surface area contributed by atoms with E-state index in [1.807, 2.05) is 0 Å². The summed E-state index contributed by atoms with van der Waals surface area (Å²) < 4.78 is 0. The number of hydrogen-bond acceptors (Lipinski definition) is 2. The minimum atomic E-state index is -0.359. The Morgan fingerprint density at radius 1 is 1.06 bits per heavy atom. The lowest BCUT2D eigenvalue weighted by Crippen LogP contribution is -2.45. The lowest BCUT2D eigenvalue weighted by atomic mass is 9.85. The molecular weight excluding hydrogens is 210 g/mol. The number of likely N-dealkylation sites (tertiary alicyclic amines) is 1. The first-order valence-corrected chi connectivity index (χ1v) is 7.36. The molecule has 0 aromatic carbocycles. The maximum Gasteiger partial charge on any atom is 0.0672 e. The van der Waals surface area contributed by atoms with Crippen molar-refractivity contribution in [2.45, 2.75) is 65.4 Å². The fraction of sp³-hybridized carbons (Fsp3) is 1.00. The van der Waals surface area contributed by atoms with E-state index in [0.29, 0.717) is 0 Å². The Balaban J connectivity index is 2.24. The highest BCUT2D eigenvalue weighted by molar-refractivity contribution is 4.86. The predicted octanol–water partition coefficient (Wildman–Crippen LogP) is 3.30. The molecule has 0 aliphatic carbocycles. The van der Waals surface area contributed by atoms with Gasteiger partial charge in [0, 0.05) is 19.6 Å². The summed E-state index contributed by atoms with van der Waals surface area (Å²) in [6.45, 7) is 12.4. The van der Waals surface area contributed by atoms with Crippen LogP contribution in [0, 0.1) is 11.8 Å². The Morgan fingerprint density at radius 3 is 2.12 bits per heavy atom. The van der Waals surface area contributed by atoms with Gasteiger partial charge in [0.1, 0.15) is 0 Å². The average molecular weight is 241 g/mol. The van der Waals surface area contributed by atoms with Crippen molar-refractivity contribution >= 4 is 0 Å². The van der Waals surface area contributed by atoms with E-state index in [9.17, 15) is 5.11 Å². The summed E-state index contributed by atoms with van der Waals surface area (Å²) in [6, 6.07) is 0. The normalized spacial score (nSPS) is 21.4. The molecular formula is C15H31NO. The second-order valence-electron chi connectivity index (χ2n) is 6.70. The van der Waals surface area contributed by atoms with E-state index in [-0.39, 0.29) is 5.60 Å². The summed E-state index contributed by atoms with van der Waals surface area (Å²) in [6.07, 6.45) is 5.37. The van der Waals surface area contributed by atoms with E-state index in [0.717, 1.165) is 44.2 Å². The van der Waals surface area contributed by atoms with Crippen LogP contribution in [0.15, 0.2) is 0 Å². The van der Waals surface area contributed by atoms with Gasteiger partial charge in [0.15, 0.2) is 0 Å². The molecule has 2 heteroatoms. The van der Waals surface area contributed by atoms with Gasteiger partial charge in [0.25, 0.3) is 0 Å². The molecule has 17 heavy (non-hydrogen) atoms. The van der Waals surface area contributed by atoms with Crippen molar-refractivity contribution in [2.24, 2.45) is 11.8 Å². The molecule has 1 heterocycles. The molecule has 0 saturated carbocycles. The van der Waals surface area contributed by atoms with Gasteiger partial charge < -0.3 is 10.0 Å². The molecule has 0 aromatic heterocycles. The molecule has 1 fully saturated rings. The van der Waals surface area contributed by atoms with Crippen LogP contribution in [0.3, 0.4) is 0 Å². The minimum Gasteiger partial charge on any atom is -0.390 e. The third-order valence-corrected chi connectivity index (χ3v) is 3.83. The minimum absolute atomic E-state index is 0.359. The predicted molar refractivity (Wildman–Crippen MR) is 74.2 cm³/mol. The van der Waals surface area contributed by atoms with Crippen molar-refractivity contribution in [1.29, 1.82) is 0 Å². The van der Waals surface area contributed by atoms with Gasteiger partial charge >= 0.3 is 0 Å². The van der Waals surface area contributed by atoms with Crippen molar-refractivity contribution in [1.82, 2.24) is 4.90 Å². The highest BCUT2D eigenvalue weighted by Gasteiger charge is 2.31. The highest BCUT2D eigenvalue weighted by Crippen LogP contribution is 2.28. The van der Waals surface area contributed by atoms with Crippen LogP contribution in [0.2, 0.25) is 0 Å². The smallest absolute Gasteiger partial charge is 0.0672 e. The summed E-state index contributed by atoms with van der Waals surface area (Å²) >= 11 is 0. The van der Waals surface area contributed by atoms with Crippen LogP contribution in [-0.4, -0.2) is 35.2 Å².